The molecule has 3 aliphatic heterocycles. The molecule has 9 heteroatoms. The number of nitro groups is 1. The van der Waals surface area contributed by atoms with Gasteiger partial charge in [-0.2, -0.15) is 0 Å². The maximum Gasteiger partial charge on any atom is 0.269 e. The minimum Gasteiger partial charge on any atom is -0.352 e. The van der Waals surface area contributed by atoms with Crippen molar-refractivity contribution in [3.8, 4) is 0 Å². The van der Waals surface area contributed by atoms with Gasteiger partial charge in [0.2, 0.25) is 5.91 Å². The highest BCUT2D eigenvalue weighted by Crippen LogP contribution is 2.58. The van der Waals surface area contributed by atoms with E-state index in [-0.39, 0.29) is 16.8 Å². The molecule has 1 amide bonds. The number of nitro benzene ring substituents is 1. The minimum absolute atomic E-state index is 0.165. The maximum atomic E-state index is 14.7. The average Bonchev–Trinajstić information content (AvgIpc) is 3.49. The first kappa shape index (κ1) is 26.5. The highest BCUT2D eigenvalue weighted by Gasteiger charge is 2.70. The van der Waals surface area contributed by atoms with Crippen molar-refractivity contribution in [1.82, 2.24) is 0 Å². The van der Waals surface area contributed by atoms with Crippen molar-refractivity contribution in [2.24, 2.45) is 5.92 Å². The van der Waals surface area contributed by atoms with E-state index in [1.54, 1.807) is 24.3 Å². The smallest absolute Gasteiger partial charge is 0.269 e. The number of amides is 1. The van der Waals surface area contributed by atoms with E-state index in [4.69, 9.17) is 0 Å². The number of fused-ring (bicyclic) bond motifs is 6. The Labute approximate surface area is 245 Å². The second-order valence-corrected chi connectivity index (χ2v) is 11.0. The van der Waals surface area contributed by atoms with E-state index in [1.165, 1.54) is 48.5 Å². The summed E-state index contributed by atoms with van der Waals surface area (Å²) in [6, 6.07) is 23.1. The predicted molar refractivity (Wildman–Crippen MR) is 159 cm³/mol. The fraction of sp³-hybridized carbons (Fsp3) is 0.147. The van der Waals surface area contributed by atoms with Crippen molar-refractivity contribution in [1.29, 1.82) is 0 Å². The van der Waals surface area contributed by atoms with Crippen LogP contribution < -0.4 is 10.2 Å². The van der Waals surface area contributed by atoms with Gasteiger partial charge in [0, 0.05) is 40.2 Å². The molecule has 4 aromatic carbocycles. The summed E-state index contributed by atoms with van der Waals surface area (Å²) in [5.41, 5.74) is 2.23. The maximum absolute atomic E-state index is 14.7. The Balaban J connectivity index is 1.53. The molecule has 0 unspecified atom stereocenters. The topological polar surface area (TPSA) is 110 Å². The fourth-order valence-corrected chi connectivity index (χ4v) is 7.10. The second kappa shape index (κ2) is 9.55. The van der Waals surface area contributed by atoms with E-state index in [2.05, 4.69) is 5.32 Å². The Kier molecular flexibility index (Phi) is 5.88. The molecule has 0 aromatic heterocycles. The SMILES string of the molecule is CC1=C[C@@H]2N(c3ccccc31)[C@H](C(=O)c1ccc([N+](=O)[O-])cc1)[C@H](C(=O)c1ccc(F)cc1)[C@]21C(=O)Nc2ccccc21. The Morgan fingerprint density at radius 3 is 2.23 bits per heavy atom. The van der Waals surface area contributed by atoms with Crippen molar-refractivity contribution in [2.45, 2.75) is 24.4 Å². The van der Waals surface area contributed by atoms with E-state index in [9.17, 15) is 28.9 Å². The van der Waals surface area contributed by atoms with Gasteiger partial charge in [0.15, 0.2) is 11.6 Å². The third-order valence-corrected chi connectivity index (χ3v) is 8.93. The molecule has 4 atom stereocenters. The van der Waals surface area contributed by atoms with Gasteiger partial charge in [0.1, 0.15) is 17.3 Å². The number of allylic oxidation sites excluding steroid dienone is 1. The minimum atomic E-state index is -1.52. The first-order valence-electron chi connectivity index (χ1n) is 13.8. The van der Waals surface area contributed by atoms with Crippen LogP contribution in [0.25, 0.3) is 5.57 Å². The number of hydrogen-bond acceptors (Lipinski definition) is 6. The van der Waals surface area contributed by atoms with Crippen LogP contribution in [0.15, 0.2) is 103 Å². The summed E-state index contributed by atoms with van der Waals surface area (Å²) in [4.78, 5) is 56.4. The number of nitrogens with one attached hydrogen (secondary N) is 1. The summed E-state index contributed by atoms with van der Waals surface area (Å²) >= 11 is 0. The molecule has 0 saturated carbocycles. The first-order chi connectivity index (χ1) is 20.7. The number of rotatable bonds is 5. The molecule has 1 saturated heterocycles. The number of ketones is 2. The fourth-order valence-electron chi connectivity index (χ4n) is 7.10. The molecule has 212 valence electrons. The lowest BCUT2D eigenvalue weighted by atomic mass is 9.64. The zero-order chi connectivity index (χ0) is 30.0. The zero-order valence-electron chi connectivity index (χ0n) is 22.9. The van der Waals surface area contributed by atoms with Crippen LogP contribution >= 0.6 is 0 Å². The molecule has 3 aliphatic rings. The number of carbonyl (C=O) groups is 3. The van der Waals surface area contributed by atoms with Crippen molar-refractivity contribution in [2.75, 3.05) is 10.2 Å². The molecule has 3 heterocycles. The molecule has 0 bridgehead atoms. The van der Waals surface area contributed by atoms with Crippen LogP contribution in [0, 0.1) is 21.8 Å². The van der Waals surface area contributed by atoms with Gasteiger partial charge in [-0.25, -0.2) is 4.39 Å². The third kappa shape index (κ3) is 3.71. The van der Waals surface area contributed by atoms with Gasteiger partial charge >= 0.3 is 0 Å². The number of non-ortho nitro benzene ring substituents is 1. The number of Topliss-reactive ketones (excluding diaryl/α,β-unsaturated/α-hetero) is 2. The Hall–Kier alpha value is -5.44. The van der Waals surface area contributed by atoms with Gasteiger partial charge in [-0.05, 0) is 66.6 Å². The molecule has 0 radical (unpaired) electrons. The van der Waals surface area contributed by atoms with Gasteiger partial charge in [-0.1, -0.05) is 42.5 Å². The standard InChI is InChI=1S/C34H24FN3O5/c1-19-18-28-34(25-7-3-4-8-26(25)36-33(34)41)29(31(39)20-10-14-22(35)15-11-20)30(37(28)27-9-5-2-6-24(19)27)32(40)21-12-16-23(17-13-21)38(42)43/h2-18,28-30H,1H3,(H,36,41)/t28-,29+,30-,34+/m0/s1. The van der Waals surface area contributed by atoms with Crippen LogP contribution in [0.4, 0.5) is 21.5 Å². The van der Waals surface area contributed by atoms with Crippen LogP contribution in [-0.4, -0.2) is 34.5 Å². The molecule has 8 nitrogen and oxygen atoms in total. The lowest BCUT2D eigenvalue weighted by Gasteiger charge is -2.39. The first-order valence-corrected chi connectivity index (χ1v) is 13.8. The molecular weight excluding hydrogens is 549 g/mol. The van der Waals surface area contributed by atoms with E-state index < -0.39 is 51.6 Å². The van der Waals surface area contributed by atoms with Crippen molar-refractivity contribution < 1.29 is 23.7 Å². The number of carbonyl (C=O) groups excluding carboxylic acids is 3. The Morgan fingerprint density at radius 2 is 1.51 bits per heavy atom. The van der Waals surface area contributed by atoms with E-state index in [1.807, 2.05) is 42.2 Å². The van der Waals surface area contributed by atoms with Crippen molar-refractivity contribution in [3.05, 3.63) is 141 Å². The lowest BCUT2D eigenvalue weighted by Crippen LogP contribution is -2.51. The van der Waals surface area contributed by atoms with E-state index in [0.717, 1.165) is 11.1 Å². The monoisotopic (exact) mass is 573 g/mol. The third-order valence-electron chi connectivity index (χ3n) is 8.93. The Bertz CT molecular complexity index is 1880. The summed E-state index contributed by atoms with van der Waals surface area (Å²) in [6.07, 6.45) is 1.94. The van der Waals surface area contributed by atoms with Crippen molar-refractivity contribution >= 4 is 40.1 Å². The zero-order valence-corrected chi connectivity index (χ0v) is 22.9. The number of anilines is 2. The van der Waals surface area contributed by atoms with E-state index >= 15 is 0 Å². The quantitative estimate of drug-likeness (QED) is 0.179. The van der Waals surface area contributed by atoms with Gasteiger partial charge < -0.3 is 10.2 Å². The number of para-hydroxylation sites is 2. The summed E-state index contributed by atoms with van der Waals surface area (Å²) in [5, 5.41) is 14.3. The highest BCUT2D eigenvalue weighted by atomic mass is 19.1. The number of halogens is 1. The molecule has 1 fully saturated rings. The summed E-state index contributed by atoms with van der Waals surface area (Å²) in [6.45, 7) is 1.94. The van der Waals surface area contributed by atoms with Crippen LogP contribution in [0.3, 0.4) is 0 Å². The molecule has 1 spiro atoms. The normalized spacial score (nSPS) is 23.2. The number of benzene rings is 4. The van der Waals surface area contributed by atoms with Crippen LogP contribution in [0.2, 0.25) is 0 Å². The van der Waals surface area contributed by atoms with Gasteiger partial charge in [-0.3, -0.25) is 24.5 Å². The van der Waals surface area contributed by atoms with Crippen LogP contribution in [0.1, 0.15) is 38.8 Å². The molecule has 1 N–H and O–H groups in total. The lowest BCUT2D eigenvalue weighted by molar-refractivity contribution is -0.384. The summed E-state index contributed by atoms with van der Waals surface area (Å²) in [5.74, 6) is -3.11. The molecule has 43 heavy (non-hydrogen) atoms. The number of nitrogens with zero attached hydrogens (tertiary/aromatic N) is 2. The molecule has 0 aliphatic carbocycles. The van der Waals surface area contributed by atoms with Gasteiger partial charge in [0.25, 0.3) is 5.69 Å². The van der Waals surface area contributed by atoms with E-state index in [0.29, 0.717) is 16.9 Å². The van der Waals surface area contributed by atoms with Crippen LogP contribution in [0.5, 0.6) is 0 Å². The highest BCUT2D eigenvalue weighted by molar-refractivity contribution is 6.18. The average molecular weight is 574 g/mol. The molecule has 4 aromatic rings. The van der Waals surface area contributed by atoms with Gasteiger partial charge in [0.05, 0.1) is 16.9 Å². The Morgan fingerprint density at radius 1 is 0.884 bits per heavy atom. The largest absolute Gasteiger partial charge is 0.352 e. The molecule has 7 rings (SSSR count). The summed E-state index contributed by atoms with van der Waals surface area (Å²) in [7, 11) is 0. The number of hydrogen-bond donors (Lipinski definition) is 1. The van der Waals surface area contributed by atoms with Crippen LogP contribution in [-0.2, 0) is 10.2 Å². The molecular formula is C34H24FN3O5. The van der Waals surface area contributed by atoms with Gasteiger partial charge in [-0.15, -0.1) is 0 Å². The summed E-state index contributed by atoms with van der Waals surface area (Å²) < 4.78 is 14.0. The van der Waals surface area contributed by atoms with Crippen molar-refractivity contribution in [3.63, 3.8) is 0 Å². The second-order valence-electron chi connectivity index (χ2n) is 11.0. The predicted octanol–water partition coefficient (Wildman–Crippen LogP) is 5.98.